The van der Waals surface area contributed by atoms with Gasteiger partial charge in [0.2, 0.25) is 0 Å². The molecule has 2 rings (SSSR count). The first-order valence-corrected chi connectivity index (χ1v) is 5.66. The molecular weight excluding hydrogens is 259 g/mol. The van der Waals surface area contributed by atoms with Crippen LogP contribution < -0.4 is 0 Å². The van der Waals surface area contributed by atoms with Crippen LogP contribution in [0.3, 0.4) is 0 Å². The predicted molar refractivity (Wildman–Crippen MR) is 66.8 cm³/mol. The molecule has 2 aromatic rings. The second-order valence-electron chi connectivity index (χ2n) is 3.97. The minimum Gasteiger partial charge on any atom is -0.361 e. The third-order valence-electron chi connectivity index (χ3n) is 2.62. The number of H-pyrrole nitrogens is 1. The summed E-state index contributed by atoms with van der Waals surface area (Å²) in [5.41, 5.74) is 1.35. The van der Waals surface area contributed by atoms with E-state index < -0.39 is 11.7 Å². The van der Waals surface area contributed by atoms with Gasteiger partial charge in [-0.1, -0.05) is 18.3 Å². The van der Waals surface area contributed by atoms with Crippen molar-refractivity contribution in [2.24, 2.45) is 0 Å². The van der Waals surface area contributed by atoms with Crippen molar-refractivity contribution in [3.05, 3.63) is 52.2 Å². The highest BCUT2D eigenvalue weighted by atomic mass is 32.1. The van der Waals surface area contributed by atoms with E-state index in [9.17, 15) is 13.2 Å². The number of alkyl halides is 3. The first kappa shape index (κ1) is 12.8. The van der Waals surface area contributed by atoms with Crippen molar-refractivity contribution >= 4 is 12.2 Å². The third kappa shape index (κ3) is 2.61. The summed E-state index contributed by atoms with van der Waals surface area (Å²) in [6.07, 6.45) is -2.64. The maximum absolute atomic E-state index is 12.5. The van der Waals surface area contributed by atoms with E-state index in [0.29, 0.717) is 15.8 Å². The molecule has 0 amide bonds. The minimum atomic E-state index is -4.31. The summed E-state index contributed by atoms with van der Waals surface area (Å²) in [5, 5.41) is 0. The number of halogens is 3. The Balaban J connectivity index is 2.52. The van der Waals surface area contributed by atoms with Crippen molar-refractivity contribution < 1.29 is 13.2 Å². The van der Waals surface area contributed by atoms with Gasteiger partial charge in [-0.3, -0.25) is 0 Å². The largest absolute Gasteiger partial charge is 0.416 e. The van der Waals surface area contributed by atoms with Gasteiger partial charge in [0.05, 0.1) is 5.56 Å². The van der Waals surface area contributed by atoms with E-state index in [-0.39, 0.29) is 0 Å². The summed E-state index contributed by atoms with van der Waals surface area (Å²) in [4.78, 5) is 2.98. The number of nitrogens with one attached hydrogen (secondary N) is 1. The van der Waals surface area contributed by atoms with Crippen LogP contribution in [0.5, 0.6) is 0 Å². The van der Waals surface area contributed by atoms with E-state index in [2.05, 4.69) is 4.98 Å². The molecule has 0 aliphatic carbocycles. The van der Waals surface area contributed by atoms with E-state index in [1.165, 1.54) is 6.07 Å². The van der Waals surface area contributed by atoms with Crippen molar-refractivity contribution in [1.29, 1.82) is 0 Å². The fourth-order valence-electron chi connectivity index (χ4n) is 1.74. The molecule has 0 atom stereocenters. The van der Waals surface area contributed by atoms with Crippen LogP contribution in [0.25, 0.3) is 11.3 Å². The fourth-order valence-corrected chi connectivity index (χ4v) is 1.93. The lowest BCUT2D eigenvalue weighted by atomic mass is 10.0. The summed E-state index contributed by atoms with van der Waals surface area (Å²) >= 11 is 5.03. The minimum absolute atomic E-state index is 0.557. The zero-order valence-corrected chi connectivity index (χ0v) is 10.3. The zero-order chi connectivity index (χ0) is 13.3. The highest BCUT2D eigenvalue weighted by Gasteiger charge is 2.30. The van der Waals surface area contributed by atoms with Gasteiger partial charge in [-0.2, -0.15) is 13.2 Å². The van der Waals surface area contributed by atoms with E-state index in [4.69, 9.17) is 12.2 Å². The molecule has 1 heterocycles. The standard InChI is InChI=1S/C13H10F3NS/c1-8-6-9(13(14,15)16)2-3-11(8)12-7-10(18)4-5-17-12/h2-7H,1H3,(H,17,18). The van der Waals surface area contributed by atoms with Gasteiger partial charge in [-0.15, -0.1) is 0 Å². The molecule has 1 nitrogen and oxygen atoms in total. The summed E-state index contributed by atoms with van der Waals surface area (Å²) in [6.45, 7) is 1.65. The summed E-state index contributed by atoms with van der Waals surface area (Å²) in [7, 11) is 0. The van der Waals surface area contributed by atoms with E-state index in [1.54, 1.807) is 25.3 Å². The topological polar surface area (TPSA) is 15.8 Å². The van der Waals surface area contributed by atoms with Gasteiger partial charge in [-0.05, 0) is 36.8 Å². The molecule has 94 valence electrons. The maximum atomic E-state index is 12.5. The highest BCUT2D eigenvalue weighted by molar-refractivity contribution is 7.71. The van der Waals surface area contributed by atoms with Crippen LogP contribution in [0.1, 0.15) is 11.1 Å². The van der Waals surface area contributed by atoms with Crippen LogP contribution in [0.15, 0.2) is 36.5 Å². The number of aryl methyl sites for hydroxylation is 1. The zero-order valence-electron chi connectivity index (χ0n) is 9.51. The lowest BCUT2D eigenvalue weighted by Crippen LogP contribution is -2.05. The van der Waals surface area contributed by atoms with Crippen LogP contribution >= 0.6 is 12.2 Å². The van der Waals surface area contributed by atoms with Crippen molar-refractivity contribution in [2.45, 2.75) is 13.1 Å². The maximum Gasteiger partial charge on any atom is 0.416 e. The Kier molecular flexibility index (Phi) is 3.26. The number of pyridine rings is 1. The molecule has 0 fully saturated rings. The van der Waals surface area contributed by atoms with Crippen molar-refractivity contribution in [1.82, 2.24) is 4.98 Å². The molecule has 0 aliphatic rings. The molecule has 5 heteroatoms. The van der Waals surface area contributed by atoms with Crippen molar-refractivity contribution in [3.8, 4) is 11.3 Å². The number of benzene rings is 1. The van der Waals surface area contributed by atoms with Crippen molar-refractivity contribution in [3.63, 3.8) is 0 Å². The third-order valence-corrected chi connectivity index (χ3v) is 2.87. The molecule has 18 heavy (non-hydrogen) atoms. The lowest BCUT2D eigenvalue weighted by Gasteiger charge is -2.11. The second kappa shape index (κ2) is 4.57. The Morgan fingerprint density at radius 3 is 2.39 bits per heavy atom. The van der Waals surface area contributed by atoms with Crippen LogP contribution in [0.4, 0.5) is 13.2 Å². The molecule has 0 spiro atoms. The summed E-state index contributed by atoms with van der Waals surface area (Å²) < 4.78 is 38.3. The first-order chi connectivity index (χ1) is 8.38. The molecule has 0 bridgehead atoms. The molecule has 0 unspecified atom stereocenters. The van der Waals surface area contributed by atoms with Crippen LogP contribution in [0.2, 0.25) is 0 Å². The average molecular weight is 269 g/mol. The molecule has 1 aromatic heterocycles. The Bertz CT molecular complexity index is 629. The number of hydrogen-bond donors (Lipinski definition) is 1. The predicted octanol–water partition coefficient (Wildman–Crippen LogP) is 4.74. The van der Waals surface area contributed by atoms with Gasteiger partial charge >= 0.3 is 6.18 Å². The molecule has 0 aliphatic heterocycles. The normalized spacial score (nSPS) is 11.6. The number of aromatic amines is 1. The van der Waals surface area contributed by atoms with E-state index in [1.807, 2.05) is 0 Å². The highest BCUT2D eigenvalue weighted by Crippen LogP contribution is 2.32. The molecule has 1 N–H and O–H groups in total. The van der Waals surface area contributed by atoms with Gasteiger partial charge in [0, 0.05) is 22.0 Å². The smallest absolute Gasteiger partial charge is 0.361 e. The molecule has 1 aromatic carbocycles. The van der Waals surface area contributed by atoms with Crippen LogP contribution in [0, 0.1) is 11.4 Å². The average Bonchev–Trinajstić information content (AvgIpc) is 2.27. The van der Waals surface area contributed by atoms with Crippen LogP contribution in [-0.4, -0.2) is 4.98 Å². The Labute approximate surface area is 107 Å². The van der Waals surface area contributed by atoms with Crippen molar-refractivity contribution in [2.75, 3.05) is 0 Å². The molecule has 0 saturated heterocycles. The number of aromatic nitrogens is 1. The Morgan fingerprint density at radius 1 is 1.11 bits per heavy atom. The molecule has 0 saturated carbocycles. The van der Waals surface area contributed by atoms with Gasteiger partial charge in [0.25, 0.3) is 0 Å². The summed E-state index contributed by atoms with van der Waals surface area (Å²) in [5.74, 6) is 0. The monoisotopic (exact) mass is 269 g/mol. The van der Waals surface area contributed by atoms with Gasteiger partial charge in [0.1, 0.15) is 0 Å². The fraction of sp³-hybridized carbons (Fsp3) is 0.154. The van der Waals surface area contributed by atoms with E-state index >= 15 is 0 Å². The number of hydrogen-bond acceptors (Lipinski definition) is 1. The van der Waals surface area contributed by atoms with E-state index in [0.717, 1.165) is 17.7 Å². The SMILES string of the molecule is Cc1cc(C(F)(F)F)ccc1-c1cc(=S)cc[nH]1. The number of rotatable bonds is 1. The quantitative estimate of drug-likeness (QED) is 0.739. The van der Waals surface area contributed by atoms with Gasteiger partial charge < -0.3 is 4.98 Å². The van der Waals surface area contributed by atoms with Gasteiger partial charge in [0.15, 0.2) is 0 Å². The molecule has 0 radical (unpaired) electrons. The Morgan fingerprint density at radius 2 is 1.83 bits per heavy atom. The lowest BCUT2D eigenvalue weighted by molar-refractivity contribution is -0.137. The second-order valence-corrected chi connectivity index (χ2v) is 4.44. The Hall–Kier alpha value is -1.62. The van der Waals surface area contributed by atoms with Gasteiger partial charge in [-0.25, -0.2) is 0 Å². The summed E-state index contributed by atoms with van der Waals surface area (Å²) in [6, 6.07) is 7.12. The molecular formula is C13H10F3NS. The van der Waals surface area contributed by atoms with Crippen LogP contribution in [-0.2, 0) is 6.18 Å². The first-order valence-electron chi connectivity index (χ1n) is 5.25.